The lowest BCUT2D eigenvalue weighted by Crippen LogP contribution is -2.42. The molecule has 2 aromatic rings. The summed E-state index contributed by atoms with van der Waals surface area (Å²) in [5.74, 6) is 1.20. The number of hydrogen-bond donors (Lipinski definition) is 0. The number of rotatable bonds is 4. The minimum atomic E-state index is -0.368. The number of para-hydroxylation sites is 1. The van der Waals surface area contributed by atoms with E-state index in [1.807, 2.05) is 24.3 Å². The van der Waals surface area contributed by atoms with Crippen molar-refractivity contribution in [2.45, 2.75) is 32.1 Å². The average Bonchev–Trinajstić information content (AvgIpc) is 3.04. The van der Waals surface area contributed by atoms with E-state index in [0.29, 0.717) is 16.8 Å². The summed E-state index contributed by atoms with van der Waals surface area (Å²) in [4.78, 5) is 24.2. The van der Waals surface area contributed by atoms with Crippen molar-refractivity contribution >= 4 is 34.4 Å². The van der Waals surface area contributed by atoms with E-state index in [0.717, 1.165) is 23.2 Å². The fraction of sp³-hybridized carbons (Fsp3) is 0.286. The zero-order valence-electron chi connectivity index (χ0n) is 15.2. The molecule has 27 heavy (non-hydrogen) atoms. The van der Waals surface area contributed by atoms with Crippen molar-refractivity contribution in [2.24, 2.45) is 15.9 Å². The fourth-order valence-electron chi connectivity index (χ4n) is 3.19. The van der Waals surface area contributed by atoms with Crippen LogP contribution >= 0.6 is 11.8 Å². The number of aliphatic imine (C=N–C) groups is 2. The number of amides is 1. The highest BCUT2D eigenvalue weighted by Gasteiger charge is 2.42. The van der Waals surface area contributed by atoms with E-state index < -0.39 is 0 Å². The van der Waals surface area contributed by atoms with Crippen molar-refractivity contribution in [2.75, 3.05) is 0 Å². The zero-order valence-corrected chi connectivity index (χ0v) is 16.0. The number of amidine groups is 2. The second-order valence-corrected chi connectivity index (χ2v) is 7.73. The number of fused-ring (bicyclic) bond motifs is 3. The van der Waals surface area contributed by atoms with Gasteiger partial charge in [-0.1, -0.05) is 56.3 Å². The molecule has 0 N–H and O–H groups in total. The largest absolute Gasteiger partial charge is 0.271 e. The van der Waals surface area contributed by atoms with Crippen LogP contribution in [-0.4, -0.2) is 27.9 Å². The van der Waals surface area contributed by atoms with Gasteiger partial charge in [-0.15, -0.1) is 0 Å². The molecule has 0 unspecified atom stereocenters. The third-order valence-electron chi connectivity index (χ3n) is 4.96. The molecule has 0 fully saturated rings. The summed E-state index contributed by atoms with van der Waals surface area (Å²) < 4.78 is 13.1. The normalized spacial score (nSPS) is 19.3. The third kappa shape index (κ3) is 3.30. The maximum Gasteiger partial charge on any atom is 0.259 e. The van der Waals surface area contributed by atoms with Crippen molar-refractivity contribution < 1.29 is 9.18 Å². The van der Waals surface area contributed by atoms with Crippen LogP contribution in [0.4, 0.5) is 10.1 Å². The molecule has 2 heterocycles. The van der Waals surface area contributed by atoms with E-state index in [1.54, 1.807) is 17.0 Å². The van der Waals surface area contributed by atoms with Crippen LogP contribution in [-0.2, 0) is 10.5 Å². The van der Waals surface area contributed by atoms with Gasteiger partial charge in [0.1, 0.15) is 17.7 Å². The van der Waals surface area contributed by atoms with Gasteiger partial charge < -0.3 is 0 Å². The summed E-state index contributed by atoms with van der Waals surface area (Å²) in [6.07, 6.45) is 0.887. The summed E-state index contributed by atoms with van der Waals surface area (Å²) in [5.41, 5.74) is 2.70. The molecule has 0 saturated heterocycles. The van der Waals surface area contributed by atoms with Gasteiger partial charge in [-0.25, -0.2) is 14.3 Å². The quantitative estimate of drug-likeness (QED) is 0.766. The molecule has 138 valence electrons. The first-order chi connectivity index (χ1) is 13.1. The molecule has 0 radical (unpaired) electrons. The molecule has 2 aliphatic rings. The van der Waals surface area contributed by atoms with E-state index in [-0.39, 0.29) is 23.7 Å². The van der Waals surface area contributed by atoms with Crippen molar-refractivity contribution in [1.29, 1.82) is 0 Å². The lowest BCUT2D eigenvalue weighted by molar-refractivity contribution is -0.125. The summed E-state index contributed by atoms with van der Waals surface area (Å²) in [7, 11) is 0. The molecule has 0 aliphatic carbocycles. The highest BCUT2D eigenvalue weighted by Crippen LogP contribution is 2.35. The molecule has 0 saturated carbocycles. The number of halogens is 1. The van der Waals surface area contributed by atoms with Gasteiger partial charge in [-0.3, -0.25) is 9.79 Å². The first kappa shape index (κ1) is 17.9. The minimum absolute atomic E-state index is 0.0146. The second kappa shape index (κ2) is 7.27. The maximum absolute atomic E-state index is 13.1. The number of carbonyl (C=O) groups excluding carboxylic acids is 1. The SMILES string of the molecule is CC[C@@H](C)[C@@H]1N=C2c3ccccc3N=C(SCc3ccc(F)cc3)N2C1=O. The number of thioether (sulfide) groups is 1. The number of carbonyl (C=O) groups is 1. The third-order valence-corrected chi connectivity index (χ3v) is 5.97. The van der Waals surface area contributed by atoms with E-state index in [2.05, 4.69) is 13.8 Å². The van der Waals surface area contributed by atoms with E-state index in [9.17, 15) is 9.18 Å². The van der Waals surface area contributed by atoms with Crippen LogP contribution in [0.15, 0.2) is 58.5 Å². The van der Waals surface area contributed by atoms with Crippen molar-refractivity contribution in [3.63, 3.8) is 0 Å². The molecule has 4 rings (SSSR count). The Kier molecular flexibility index (Phi) is 4.83. The Morgan fingerprint density at radius 1 is 1.19 bits per heavy atom. The van der Waals surface area contributed by atoms with Gasteiger partial charge in [-0.2, -0.15) is 0 Å². The lowest BCUT2D eigenvalue weighted by atomic mass is 10.00. The Balaban J connectivity index is 1.67. The molecule has 2 aromatic carbocycles. The van der Waals surface area contributed by atoms with E-state index >= 15 is 0 Å². The summed E-state index contributed by atoms with van der Waals surface area (Å²) in [6, 6.07) is 13.8. The lowest BCUT2D eigenvalue weighted by Gasteiger charge is -2.26. The van der Waals surface area contributed by atoms with Crippen LogP contribution in [0.2, 0.25) is 0 Å². The summed E-state index contributed by atoms with van der Waals surface area (Å²) in [5, 5.41) is 0.632. The molecule has 4 nitrogen and oxygen atoms in total. The molecule has 2 atom stereocenters. The van der Waals surface area contributed by atoms with Crippen LogP contribution < -0.4 is 0 Å². The Labute approximate surface area is 162 Å². The zero-order chi connectivity index (χ0) is 19.0. The van der Waals surface area contributed by atoms with Crippen LogP contribution in [0.3, 0.4) is 0 Å². The Hall–Kier alpha value is -2.47. The van der Waals surface area contributed by atoms with Gasteiger partial charge in [0.25, 0.3) is 5.91 Å². The maximum atomic E-state index is 13.1. The van der Waals surface area contributed by atoms with Crippen LogP contribution in [0.5, 0.6) is 0 Å². The van der Waals surface area contributed by atoms with Crippen molar-refractivity contribution in [3.05, 3.63) is 65.5 Å². The van der Waals surface area contributed by atoms with Crippen LogP contribution in [0, 0.1) is 11.7 Å². The fourth-order valence-corrected chi connectivity index (χ4v) is 4.15. The molecule has 2 aliphatic heterocycles. The average molecular weight is 381 g/mol. The first-order valence-corrected chi connectivity index (χ1v) is 10.0. The van der Waals surface area contributed by atoms with Crippen LogP contribution in [0.25, 0.3) is 0 Å². The summed E-state index contributed by atoms with van der Waals surface area (Å²) in [6.45, 7) is 4.13. The van der Waals surface area contributed by atoms with Gasteiger partial charge in [0.15, 0.2) is 5.17 Å². The second-order valence-electron chi connectivity index (χ2n) is 6.78. The van der Waals surface area contributed by atoms with Gasteiger partial charge in [0, 0.05) is 11.3 Å². The minimum Gasteiger partial charge on any atom is -0.271 e. The molecular weight excluding hydrogens is 361 g/mol. The monoisotopic (exact) mass is 381 g/mol. The first-order valence-electron chi connectivity index (χ1n) is 9.05. The topological polar surface area (TPSA) is 45.0 Å². The molecule has 6 heteroatoms. The van der Waals surface area contributed by atoms with Gasteiger partial charge in [0.05, 0.1) is 5.69 Å². The Morgan fingerprint density at radius 2 is 1.93 bits per heavy atom. The van der Waals surface area contributed by atoms with Gasteiger partial charge in [0.2, 0.25) is 0 Å². The summed E-state index contributed by atoms with van der Waals surface area (Å²) >= 11 is 1.47. The Morgan fingerprint density at radius 3 is 2.67 bits per heavy atom. The van der Waals surface area contributed by atoms with Crippen molar-refractivity contribution in [3.8, 4) is 0 Å². The highest BCUT2D eigenvalue weighted by atomic mass is 32.2. The molecule has 0 spiro atoms. The van der Waals surface area contributed by atoms with Crippen LogP contribution in [0.1, 0.15) is 31.4 Å². The standard InChI is InChI=1S/C21H20FN3OS/c1-3-13(2)18-20(26)25-19(24-18)16-6-4-5-7-17(16)23-21(25)27-12-14-8-10-15(22)11-9-14/h4-11,13,18H,3,12H2,1-2H3/t13-,18+/m1/s1. The van der Waals surface area contributed by atoms with E-state index in [1.165, 1.54) is 23.9 Å². The Bertz CT molecular complexity index is 939. The van der Waals surface area contributed by atoms with E-state index in [4.69, 9.17) is 9.98 Å². The molecule has 0 aromatic heterocycles. The number of hydrogen-bond acceptors (Lipinski definition) is 4. The van der Waals surface area contributed by atoms with Gasteiger partial charge in [-0.05, 0) is 35.7 Å². The number of benzene rings is 2. The number of nitrogens with zero attached hydrogens (tertiary/aromatic N) is 3. The predicted octanol–water partition coefficient (Wildman–Crippen LogP) is 4.76. The molecule has 0 bridgehead atoms. The molecule has 1 amide bonds. The molecular formula is C21H20FN3OS. The highest BCUT2D eigenvalue weighted by molar-refractivity contribution is 8.13. The van der Waals surface area contributed by atoms with Crippen molar-refractivity contribution in [1.82, 2.24) is 4.90 Å². The predicted molar refractivity (Wildman–Crippen MR) is 108 cm³/mol. The smallest absolute Gasteiger partial charge is 0.259 e. The van der Waals surface area contributed by atoms with Gasteiger partial charge >= 0.3 is 0 Å².